The third-order valence-corrected chi connectivity index (χ3v) is 2.85. The van der Waals surface area contributed by atoms with Crippen molar-refractivity contribution in [1.29, 1.82) is 0 Å². The van der Waals surface area contributed by atoms with E-state index in [1.54, 1.807) is 11.4 Å². The molecule has 1 aromatic rings. The van der Waals surface area contributed by atoms with Gasteiger partial charge in [-0.15, -0.1) is 11.3 Å². The van der Waals surface area contributed by atoms with Gasteiger partial charge in [0.05, 0.1) is 0 Å². The summed E-state index contributed by atoms with van der Waals surface area (Å²) in [7, 11) is 0. The van der Waals surface area contributed by atoms with E-state index in [0.29, 0.717) is 5.56 Å². The molecule has 16 heavy (non-hydrogen) atoms. The normalized spacial score (nSPS) is 13.0. The molecule has 1 aromatic heterocycles. The summed E-state index contributed by atoms with van der Waals surface area (Å²) in [5.74, 6) is -1.04. The van der Waals surface area contributed by atoms with Gasteiger partial charge in [0.25, 0.3) is 6.43 Å². The van der Waals surface area contributed by atoms with E-state index >= 15 is 0 Å². The van der Waals surface area contributed by atoms with Crippen molar-refractivity contribution in [1.82, 2.24) is 5.32 Å². The van der Waals surface area contributed by atoms with Crippen LogP contribution in [-0.2, 0) is 6.54 Å². The Morgan fingerprint density at radius 1 is 1.56 bits per heavy atom. The zero-order valence-electron chi connectivity index (χ0n) is 8.19. The van der Waals surface area contributed by atoms with Crippen molar-refractivity contribution in [3.63, 3.8) is 0 Å². The number of rotatable bonds is 6. The predicted octanol–water partition coefficient (Wildman–Crippen LogP) is 1.16. The minimum atomic E-state index is -2.80. The first-order chi connectivity index (χ1) is 7.52. The molecular formula is C9H11F2NO3S. The molecule has 1 heterocycles. The molecule has 90 valence electrons. The average Bonchev–Trinajstić information content (AvgIpc) is 2.65. The van der Waals surface area contributed by atoms with Crippen LogP contribution >= 0.6 is 11.3 Å². The molecule has 0 fully saturated rings. The summed E-state index contributed by atoms with van der Waals surface area (Å²) >= 11 is 1.07. The van der Waals surface area contributed by atoms with Crippen molar-refractivity contribution in [3.8, 4) is 0 Å². The number of nitrogens with one attached hydrogen (secondary N) is 1. The highest BCUT2D eigenvalue weighted by Crippen LogP contribution is 2.16. The van der Waals surface area contributed by atoms with Gasteiger partial charge in [0.2, 0.25) is 0 Å². The highest BCUT2D eigenvalue weighted by Gasteiger charge is 2.16. The first-order valence-corrected chi connectivity index (χ1v) is 5.37. The third-order valence-electron chi connectivity index (χ3n) is 1.90. The van der Waals surface area contributed by atoms with Crippen LogP contribution in [0.5, 0.6) is 0 Å². The highest BCUT2D eigenvalue weighted by atomic mass is 32.1. The Kier molecular flexibility index (Phi) is 4.78. The van der Waals surface area contributed by atoms with Gasteiger partial charge < -0.3 is 15.5 Å². The second-order valence-corrected chi connectivity index (χ2v) is 4.03. The minimum absolute atomic E-state index is 0.148. The monoisotopic (exact) mass is 251 g/mol. The van der Waals surface area contributed by atoms with Gasteiger partial charge in [-0.1, -0.05) is 0 Å². The van der Waals surface area contributed by atoms with E-state index < -0.39 is 18.5 Å². The molecule has 0 amide bonds. The molecule has 7 heteroatoms. The quantitative estimate of drug-likeness (QED) is 0.709. The third kappa shape index (κ3) is 3.51. The topological polar surface area (TPSA) is 69.6 Å². The molecule has 0 aliphatic heterocycles. The van der Waals surface area contributed by atoms with Crippen molar-refractivity contribution in [2.45, 2.75) is 19.1 Å². The zero-order chi connectivity index (χ0) is 12.1. The Balaban J connectivity index is 2.43. The highest BCUT2D eigenvalue weighted by molar-refractivity contribution is 7.12. The van der Waals surface area contributed by atoms with Crippen LogP contribution < -0.4 is 5.32 Å². The molecule has 0 spiro atoms. The van der Waals surface area contributed by atoms with E-state index in [1.165, 1.54) is 0 Å². The van der Waals surface area contributed by atoms with E-state index in [1.807, 2.05) is 0 Å². The number of aromatic carboxylic acids is 1. The predicted molar refractivity (Wildman–Crippen MR) is 55.0 cm³/mol. The van der Waals surface area contributed by atoms with Gasteiger partial charge in [-0.2, -0.15) is 0 Å². The van der Waals surface area contributed by atoms with Crippen molar-refractivity contribution in [2.75, 3.05) is 6.54 Å². The summed E-state index contributed by atoms with van der Waals surface area (Å²) in [6.45, 7) is -0.124. The number of carboxylic acid groups (broad SMARTS) is 1. The molecule has 3 N–H and O–H groups in total. The molecule has 1 unspecified atom stereocenters. The fourth-order valence-electron chi connectivity index (χ4n) is 1.11. The Labute approximate surface area is 94.5 Å². The van der Waals surface area contributed by atoms with Crippen molar-refractivity contribution in [3.05, 3.63) is 21.9 Å². The lowest BCUT2D eigenvalue weighted by Crippen LogP contribution is -2.31. The number of hydrogen-bond donors (Lipinski definition) is 3. The summed E-state index contributed by atoms with van der Waals surface area (Å²) in [6.07, 6.45) is -4.53. The van der Waals surface area contributed by atoms with E-state index in [0.717, 1.165) is 11.3 Å². The maximum absolute atomic E-state index is 11.9. The van der Waals surface area contributed by atoms with Crippen LogP contribution in [0.1, 0.15) is 15.2 Å². The van der Waals surface area contributed by atoms with Gasteiger partial charge in [0.1, 0.15) is 11.0 Å². The Bertz CT molecular complexity index is 356. The van der Waals surface area contributed by atoms with Crippen LogP contribution in [0.25, 0.3) is 0 Å². The van der Waals surface area contributed by atoms with Gasteiger partial charge in [-0.25, -0.2) is 13.6 Å². The zero-order valence-corrected chi connectivity index (χ0v) is 9.01. The van der Waals surface area contributed by atoms with Gasteiger partial charge >= 0.3 is 5.97 Å². The van der Waals surface area contributed by atoms with Crippen LogP contribution in [0.3, 0.4) is 0 Å². The van der Waals surface area contributed by atoms with Crippen LogP contribution in [-0.4, -0.2) is 35.3 Å². The number of alkyl halides is 2. The second-order valence-electron chi connectivity index (χ2n) is 3.11. The SMILES string of the molecule is O=C(O)c1sccc1CNCC(O)C(F)F. The molecule has 4 nitrogen and oxygen atoms in total. The standard InChI is InChI=1S/C9H11F2NO3S/c10-8(11)6(13)4-12-3-5-1-2-16-7(5)9(14)15/h1-2,6,8,12-13H,3-4H2,(H,14,15). The van der Waals surface area contributed by atoms with Gasteiger partial charge in [-0.3, -0.25) is 0 Å². The molecule has 1 atom stereocenters. The molecule has 0 aliphatic rings. The van der Waals surface area contributed by atoms with Crippen LogP contribution in [0, 0.1) is 0 Å². The molecule has 0 aromatic carbocycles. The summed E-state index contributed by atoms with van der Waals surface area (Å²) < 4.78 is 23.8. The van der Waals surface area contributed by atoms with Gasteiger partial charge in [0.15, 0.2) is 0 Å². The van der Waals surface area contributed by atoms with Crippen molar-refractivity contribution in [2.24, 2.45) is 0 Å². The van der Waals surface area contributed by atoms with E-state index in [-0.39, 0.29) is 18.0 Å². The van der Waals surface area contributed by atoms with Gasteiger partial charge in [-0.05, 0) is 17.0 Å². The lowest BCUT2D eigenvalue weighted by molar-refractivity contribution is -0.00341. The largest absolute Gasteiger partial charge is 0.477 e. The van der Waals surface area contributed by atoms with Crippen molar-refractivity contribution < 1.29 is 23.8 Å². The molecular weight excluding hydrogens is 240 g/mol. The lowest BCUT2D eigenvalue weighted by Gasteiger charge is -2.10. The lowest BCUT2D eigenvalue weighted by atomic mass is 10.2. The Morgan fingerprint density at radius 3 is 2.81 bits per heavy atom. The number of aliphatic hydroxyl groups is 1. The minimum Gasteiger partial charge on any atom is -0.477 e. The smallest absolute Gasteiger partial charge is 0.346 e. The molecule has 0 bridgehead atoms. The number of thiophene rings is 1. The fourth-order valence-corrected chi connectivity index (χ4v) is 1.87. The number of hydrogen-bond acceptors (Lipinski definition) is 4. The molecule has 0 saturated carbocycles. The average molecular weight is 251 g/mol. The Hall–Kier alpha value is -1.05. The van der Waals surface area contributed by atoms with Crippen molar-refractivity contribution >= 4 is 17.3 Å². The fraction of sp³-hybridized carbons (Fsp3) is 0.444. The maximum Gasteiger partial charge on any atom is 0.346 e. The maximum atomic E-state index is 11.9. The van der Waals surface area contributed by atoms with Gasteiger partial charge in [0, 0.05) is 13.1 Å². The summed E-state index contributed by atoms with van der Waals surface area (Å²) in [4.78, 5) is 10.9. The van der Waals surface area contributed by atoms with E-state index in [2.05, 4.69) is 5.32 Å². The van der Waals surface area contributed by atoms with E-state index in [9.17, 15) is 13.6 Å². The second kappa shape index (κ2) is 5.88. The number of carbonyl (C=O) groups is 1. The van der Waals surface area contributed by atoms with Crippen LogP contribution in [0.4, 0.5) is 8.78 Å². The summed E-state index contributed by atoms with van der Waals surface area (Å²) in [6, 6.07) is 1.61. The number of carboxylic acids is 1. The van der Waals surface area contributed by atoms with Crippen LogP contribution in [0.15, 0.2) is 11.4 Å². The molecule has 0 radical (unpaired) electrons. The molecule has 0 saturated heterocycles. The number of aliphatic hydroxyl groups excluding tert-OH is 1. The molecule has 0 aliphatic carbocycles. The Morgan fingerprint density at radius 2 is 2.25 bits per heavy atom. The first-order valence-electron chi connectivity index (χ1n) is 4.49. The first kappa shape index (κ1) is 13.0. The summed E-state index contributed by atoms with van der Waals surface area (Å²) in [5, 5.41) is 21.8. The number of halogens is 2. The van der Waals surface area contributed by atoms with Crippen LogP contribution in [0.2, 0.25) is 0 Å². The summed E-state index contributed by atoms with van der Waals surface area (Å²) in [5.41, 5.74) is 0.527. The molecule has 1 rings (SSSR count). The van der Waals surface area contributed by atoms with E-state index in [4.69, 9.17) is 10.2 Å².